The summed E-state index contributed by atoms with van der Waals surface area (Å²) in [5, 5.41) is 9.84. The second kappa shape index (κ2) is 14.1. The lowest BCUT2D eigenvalue weighted by Gasteiger charge is -2.37. The number of ether oxygens (including phenoxy) is 1. The Hall–Kier alpha value is -4.21. The minimum absolute atomic E-state index is 0.0137. The van der Waals surface area contributed by atoms with Crippen LogP contribution in [0.1, 0.15) is 43.0 Å². The van der Waals surface area contributed by atoms with E-state index in [9.17, 15) is 14.4 Å². The molecule has 2 aliphatic rings. The van der Waals surface area contributed by atoms with Gasteiger partial charge < -0.3 is 10.1 Å². The van der Waals surface area contributed by atoms with Crippen LogP contribution in [0.2, 0.25) is 0 Å². The van der Waals surface area contributed by atoms with Crippen LogP contribution in [0.5, 0.6) is 0 Å². The van der Waals surface area contributed by atoms with E-state index in [1.165, 1.54) is 6.92 Å². The van der Waals surface area contributed by atoms with E-state index in [1.54, 1.807) is 28.1 Å². The molecule has 1 atom stereocenters. The fourth-order valence-electron chi connectivity index (χ4n) is 5.55. The van der Waals surface area contributed by atoms with Gasteiger partial charge in [-0.1, -0.05) is 54.6 Å². The van der Waals surface area contributed by atoms with Crippen molar-refractivity contribution in [2.45, 2.75) is 38.8 Å². The molecule has 1 unspecified atom stereocenters. The van der Waals surface area contributed by atoms with Crippen molar-refractivity contribution in [3.05, 3.63) is 90.8 Å². The Morgan fingerprint density at radius 1 is 0.976 bits per heavy atom. The van der Waals surface area contributed by atoms with Gasteiger partial charge in [0.25, 0.3) is 5.91 Å². The third kappa shape index (κ3) is 6.98. The topological polar surface area (TPSA) is 94.2 Å². The summed E-state index contributed by atoms with van der Waals surface area (Å²) in [4.78, 5) is 40.6. The van der Waals surface area contributed by atoms with Gasteiger partial charge in [-0.25, -0.2) is 14.8 Å². The highest BCUT2D eigenvalue weighted by Crippen LogP contribution is 2.33. The second-order valence-corrected chi connectivity index (χ2v) is 10.4. The molecule has 1 radical (unpaired) electrons. The van der Waals surface area contributed by atoms with Gasteiger partial charge >= 0.3 is 6.09 Å². The molecule has 2 fully saturated rings. The third-order valence-corrected chi connectivity index (χ3v) is 7.54. The number of anilines is 2. The highest BCUT2D eigenvalue weighted by molar-refractivity contribution is 5.98. The van der Waals surface area contributed by atoms with Crippen molar-refractivity contribution in [1.29, 1.82) is 0 Å². The van der Waals surface area contributed by atoms with Gasteiger partial charge in [-0.3, -0.25) is 19.8 Å². The standard InChI is InChI=1S/C33H38N5O4/c1-25(39)37(31-18-11-19-34-31)28-15-10-14-27(24-28)32(40)35-20-23-42-33(41)38(36-21-8-3-9-22-36)30-17-7-6-16-29(30)26-12-4-2-5-13-26/h2-7,10,12-17,24,31,34H,8-9,11,18-23H2,1H3,(H,35,40). The molecule has 2 N–H and O–H groups in total. The second-order valence-electron chi connectivity index (χ2n) is 10.4. The van der Waals surface area contributed by atoms with E-state index >= 15 is 0 Å². The third-order valence-electron chi connectivity index (χ3n) is 7.54. The van der Waals surface area contributed by atoms with Crippen LogP contribution >= 0.6 is 0 Å². The van der Waals surface area contributed by atoms with E-state index in [4.69, 9.17) is 4.74 Å². The molecular weight excluding hydrogens is 530 g/mol. The normalized spacial score (nSPS) is 16.9. The monoisotopic (exact) mass is 568 g/mol. The van der Waals surface area contributed by atoms with Crippen molar-refractivity contribution >= 4 is 29.3 Å². The summed E-state index contributed by atoms with van der Waals surface area (Å²) in [6.07, 6.45) is 5.29. The predicted octanol–water partition coefficient (Wildman–Crippen LogP) is 5.00. The molecule has 0 spiro atoms. The van der Waals surface area contributed by atoms with E-state index in [0.717, 1.165) is 49.0 Å². The molecule has 2 heterocycles. The highest BCUT2D eigenvalue weighted by Gasteiger charge is 2.29. The number of amides is 3. The summed E-state index contributed by atoms with van der Waals surface area (Å²) >= 11 is 0. The minimum Gasteiger partial charge on any atom is -0.446 e. The van der Waals surface area contributed by atoms with Crippen molar-refractivity contribution in [1.82, 2.24) is 15.6 Å². The van der Waals surface area contributed by atoms with Gasteiger partial charge in [0.15, 0.2) is 0 Å². The molecule has 3 aromatic rings. The zero-order chi connectivity index (χ0) is 29.3. The first kappa shape index (κ1) is 29.3. The van der Waals surface area contributed by atoms with Gasteiger partial charge in [0.2, 0.25) is 5.91 Å². The molecule has 3 aromatic carbocycles. The van der Waals surface area contributed by atoms with E-state index in [2.05, 4.69) is 17.1 Å². The SMILES string of the molecule is CC(=O)N(c1cccc(C(=O)NCCOC(=O)N(c2ccccc2-c2ccccc2)N2CC[CH]CC2)c1)C1CCCN1. The molecule has 2 aliphatic heterocycles. The number of rotatable bonds is 9. The molecule has 9 nitrogen and oxygen atoms in total. The van der Waals surface area contributed by atoms with Crippen molar-refractivity contribution in [3.8, 4) is 11.1 Å². The lowest BCUT2D eigenvalue weighted by molar-refractivity contribution is -0.117. The van der Waals surface area contributed by atoms with Gasteiger partial charge in [-0.2, -0.15) is 0 Å². The molecule has 42 heavy (non-hydrogen) atoms. The number of piperidine rings is 1. The quantitative estimate of drug-likeness (QED) is 0.353. The summed E-state index contributed by atoms with van der Waals surface area (Å²) in [5.41, 5.74) is 3.81. The van der Waals surface area contributed by atoms with Gasteiger partial charge in [0.05, 0.1) is 18.4 Å². The molecule has 5 rings (SSSR count). The van der Waals surface area contributed by atoms with Gasteiger partial charge in [-0.05, 0) is 68.5 Å². The maximum Gasteiger partial charge on any atom is 0.429 e. The van der Waals surface area contributed by atoms with Gasteiger partial charge in [0.1, 0.15) is 6.61 Å². The first-order valence-corrected chi connectivity index (χ1v) is 14.6. The van der Waals surface area contributed by atoms with Crippen LogP contribution in [0.15, 0.2) is 78.9 Å². The number of carbonyl (C=O) groups excluding carboxylic acids is 3. The summed E-state index contributed by atoms with van der Waals surface area (Å²) < 4.78 is 5.71. The van der Waals surface area contributed by atoms with Gasteiger partial charge in [-0.15, -0.1) is 0 Å². The Balaban J connectivity index is 1.24. The molecule has 0 saturated carbocycles. The lowest BCUT2D eigenvalue weighted by Crippen LogP contribution is -2.50. The summed E-state index contributed by atoms with van der Waals surface area (Å²) in [5.74, 6) is -0.377. The Bertz CT molecular complexity index is 1370. The van der Waals surface area contributed by atoms with Crippen LogP contribution in [0.4, 0.5) is 16.2 Å². The zero-order valence-corrected chi connectivity index (χ0v) is 24.0. The molecular formula is C33H38N5O4. The summed E-state index contributed by atoms with van der Waals surface area (Å²) in [6.45, 7) is 3.97. The van der Waals surface area contributed by atoms with E-state index in [0.29, 0.717) is 24.3 Å². The molecule has 0 aliphatic carbocycles. The average Bonchev–Trinajstić information content (AvgIpc) is 3.55. The maximum atomic E-state index is 13.5. The average molecular weight is 569 g/mol. The molecule has 2 saturated heterocycles. The van der Waals surface area contributed by atoms with Crippen LogP contribution in [0.25, 0.3) is 11.1 Å². The van der Waals surface area contributed by atoms with E-state index in [-0.39, 0.29) is 31.1 Å². The zero-order valence-electron chi connectivity index (χ0n) is 24.0. The highest BCUT2D eigenvalue weighted by atomic mass is 16.6. The molecule has 3 amide bonds. The first-order valence-electron chi connectivity index (χ1n) is 14.6. The smallest absolute Gasteiger partial charge is 0.429 e. The lowest BCUT2D eigenvalue weighted by atomic mass is 10.0. The molecule has 0 bridgehead atoms. The number of benzene rings is 3. The number of nitrogens with zero attached hydrogens (tertiary/aromatic N) is 3. The Morgan fingerprint density at radius 2 is 1.74 bits per heavy atom. The van der Waals surface area contributed by atoms with Crippen LogP contribution in [-0.4, -0.2) is 61.9 Å². The van der Waals surface area contributed by atoms with Crippen LogP contribution < -0.4 is 20.5 Å². The summed E-state index contributed by atoms with van der Waals surface area (Å²) in [7, 11) is 0. The van der Waals surface area contributed by atoms with E-state index in [1.807, 2.05) is 65.7 Å². The molecule has 9 heteroatoms. The predicted molar refractivity (Wildman–Crippen MR) is 164 cm³/mol. The Morgan fingerprint density at radius 3 is 2.48 bits per heavy atom. The fourth-order valence-corrected chi connectivity index (χ4v) is 5.55. The Labute approximate surface area is 247 Å². The van der Waals surface area contributed by atoms with Crippen LogP contribution in [0.3, 0.4) is 0 Å². The van der Waals surface area contributed by atoms with Crippen molar-refractivity contribution < 1.29 is 19.1 Å². The number of hydrazine groups is 1. The van der Waals surface area contributed by atoms with Crippen LogP contribution in [-0.2, 0) is 9.53 Å². The minimum atomic E-state index is -0.488. The Kier molecular flexibility index (Phi) is 9.84. The number of nitrogens with one attached hydrogen (secondary N) is 2. The van der Waals surface area contributed by atoms with Crippen molar-refractivity contribution in [3.63, 3.8) is 0 Å². The number of hydrogen-bond acceptors (Lipinski definition) is 6. The largest absolute Gasteiger partial charge is 0.446 e. The number of para-hydroxylation sites is 1. The van der Waals surface area contributed by atoms with E-state index < -0.39 is 6.09 Å². The van der Waals surface area contributed by atoms with Crippen LogP contribution in [0, 0.1) is 6.42 Å². The maximum absolute atomic E-state index is 13.5. The fraction of sp³-hybridized carbons (Fsp3) is 0.333. The van der Waals surface area contributed by atoms with Gasteiger partial charge in [0, 0.05) is 36.8 Å². The summed E-state index contributed by atoms with van der Waals surface area (Å²) in [6, 6.07) is 24.8. The first-order chi connectivity index (χ1) is 20.5. The molecule has 0 aromatic heterocycles. The van der Waals surface area contributed by atoms with Crippen molar-refractivity contribution in [2.75, 3.05) is 42.7 Å². The number of hydrogen-bond donors (Lipinski definition) is 2. The molecule has 219 valence electrons. The van der Waals surface area contributed by atoms with Crippen molar-refractivity contribution in [2.24, 2.45) is 0 Å². The number of carbonyl (C=O) groups is 3.